The van der Waals surface area contributed by atoms with Crippen molar-refractivity contribution >= 4 is 17.7 Å². The molecule has 132 valence electrons. The predicted octanol–water partition coefficient (Wildman–Crippen LogP) is 4.13. The summed E-state index contributed by atoms with van der Waals surface area (Å²) in [5.41, 5.74) is 1.79. The molecule has 26 heavy (non-hydrogen) atoms. The van der Waals surface area contributed by atoms with Gasteiger partial charge in [0, 0.05) is 17.8 Å². The van der Waals surface area contributed by atoms with Crippen LogP contribution in [-0.2, 0) is 4.79 Å². The van der Waals surface area contributed by atoms with Crippen molar-refractivity contribution in [3.8, 4) is 11.4 Å². The van der Waals surface area contributed by atoms with Gasteiger partial charge in [0.2, 0.25) is 5.91 Å². The van der Waals surface area contributed by atoms with Crippen molar-refractivity contribution in [3.63, 3.8) is 0 Å². The SMILES string of the molecule is O=C(/C=C/c1cnn(-c2ccccc2)c1)Nc1ccccc1OC(F)F. The first kappa shape index (κ1) is 17.3. The lowest BCUT2D eigenvalue weighted by atomic mass is 10.2. The van der Waals surface area contributed by atoms with Crippen LogP contribution in [0, 0.1) is 0 Å². The molecule has 0 radical (unpaired) electrons. The number of aromatic nitrogens is 2. The van der Waals surface area contributed by atoms with Gasteiger partial charge in [0.25, 0.3) is 0 Å². The van der Waals surface area contributed by atoms with Crippen molar-refractivity contribution in [2.24, 2.45) is 0 Å². The van der Waals surface area contributed by atoms with Crippen LogP contribution in [0.3, 0.4) is 0 Å². The van der Waals surface area contributed by atoms with Crippen molar-refractivity contribution < 1.29 is 18.3 Å². The van der Waals surface area contributed by atoms with Gasteiger partial charge in [0.05, 0.1) is 17.6 Å². The number of carbonyl (C=O) groups is 1. The van der Waals surface area contributed by atoms with E-state index in [1.54, 1.807) is 35.3 Å². The highest BCUT2D eigenvalue weighted by Gasteiger charge is 2.10. The maximum Gasteiger partial charge on any atom is 0.387 e. The fourth-order valence-corrected chi connectivity index (χ4v) is 2.26. The topological polar surface area (TPSA) is 56.2 Å². The normalized spacial score (nSPS) is 11.0. The van der Waals surface area contributed by atoms with Crippen molar-refractivity contribution in [3.05, 3.63) is 78.6 Å². The number of anilines is 1. The predicted molar refractivity (Wildman–Crippen MR) is 94.3 cm³/mol. The lowest BCUT2D eigenvalue weighted by molar-refractivity contribution is -0.111. The fraction of sp³-hybridized carbons (Fsp3) is 0.0526. The molecule has 3 rings (SSSR count). The Balaban J connectivity index is 1.67. The Labute approximate surface area is 148 Å². The highest BCUT2D eigenvalue weighted by Crippen LogP contribution is 2.25. The highest BCUT2D eigenvalue weighted by molar-refractivity contribution is 6.02. The third kappa shape index (κ3) is 4.54. The zero-order valence-electron chi connectivity index (χ0n) is 13.5. The third-order valence-corrected chi connectivity index (χ3v) is 3.41. The molecule has 7 heteroatoms. The minimum atomic E-state index is -2.97. The quantitative estimate of drug-likeness (QED) is 0.677. The van der Waals surface area contributed by atoms with Gasteiger partial charge in [-0.05, 0) is 30.3 Å². The number of alkyl halides is 2. The lowest BCUT2D eigenvalue weighted by Crippen LogP contribution is -2.11. The van der Waals surface area contributed by atoms with Crippen LogP contribution < -0.4 is 10.1 Å². The Morgan fingerprint density at radius 1 is 1.12 bits per heavy atom. The van der Waals surface area contributed by atoms with E-state index in [4.69, 9.17) is 0 Å². The maximum atomic E-state index is 12.4. The molecular formula is C19H15F2N3O2. The molecule has 0 saturated carbocycles. The van der Waals surface area contributed by atoms with E-state index in [1.165, 1.54) is 18.2 Å². The van der Waals surface area contributed by atoms with E-state index in [1.807, 2.05) is 30.3 Å². The van der Waals surface area contributed by atoms with Crippen molar-refractivity contribution in [2.45, 2.75) is 6.61 Å². The van der Waals surface area contributed by atoms with Gasteiger partial charge >= 0.3 is 6.61 Å². The molecule has 0 bridgehead atoms. The minimum Gasteiger partial charge on any atom is -0.433 e. The average molecular weight is 355 g/mol. The molecule has 2 aromatic carbocycles. The molecule has 0 atom stereocenters. The zero-order chi connectivity index (χ0) is 18.4. The molecule has 1 heterocycles. The molecular weight excluding hydrogens is 340 g/mol. The van der Waals surface area contributed by atoms with Gasteiger partial charge in [-0.2, -0.15) is 13.9 Å². The second-order valence-corrected chi connectivity index (χ2v) is 5.25. The molecule has 3 aromatic rings. The van der Waals surface area contributed by atoms with Crippen molar-refractivity contribution in [1.82, 2.24) is 9.78 Å². The monoisotopic (exact) mass is 355 g/mol. The van der Waals surface area contributed by atoms with E-state index >= 15 is 0 Å². The molecule has 1 aromatic heterocycles. The molecule has 0 aliphatic heterocycles. The minimum absolute atomic E-state index is 0.0962. The number of para-hydroxylation sites is 3. The standard InChI is InChI=1S/C19H15F2N3O2/c20-19(21)26-17-9-5-4-8-16(17)23-18(25)11-10-14-12-22-24(13-14)15-6-2-1-3-7-15/h1-13,19H,(H,23,25)/b11-10+. The Hall–Kier alpha value is -3.48. The van der Waals surface area contributed by atoms with E-state index in [-0.39, 0.29) is 11.4 Å². The number of hydrogen-bond donors (Lipinski definition) is 1. The van der Waals surface area contributed by atoms with Crippen LogP contribution >= 0.6 is 0 Å². The molecule has 0 aliphatic carbocycles. The maximum absolute atomic E-state index is 12.4. The summed E-state index contributed by atoms with van der Waals surface area (Å²) in [7, 11) is 0. The number of halogens is 2. The second-order valence-electron chi connectivity index (χ2n) is 5.25. The summed E-state index contributed by atoms with van der Waals surface area (Å²) in [5.74, 6) is -0.566. The largest absolute Gasteiger partial charge is 0.433 e. The molecule has 0 spiro atoms. The van der Waals surface area contributed by atoms with Crippen LogP contribution in [0.25, 0.3) is 11.8 Å². The van der Waals surface area contributed by atoms with Gasteiger partial charge in [-0.1, -0.05) is 30.3 Å². The van der Waals surface area contributed by atoms with Crippen molar-refractivity contribution in [2.75, 3.05) is 5.32 Å². The molecule has 0 unspecified atom stereocenters. The van der Waals surface area contributed by atoms with Gasteiger partial charge < -0.3 is 10.1 Å². The summed E-state index contributed by atoms with van der Waals surface area (Å²) in [5, 5.41) is 6.74. The second kappa shape index (κ2) is 8.06. The van der Waals surface area contributed by atoms with Crippen LogP contribution in [0.1, 0.15) is 5.56 Å². The van der Waals surface area contributed by atoms with Gasteiger partial charge in [-0.15, -0.1) is 0 Å². The van der Waals surface area contributed by atoms with Gasteiger partial charge in [0.15, 0.2) is 0 Å². The Morgan fingerprint density at radius 2 is 1.85 bits per heavy atom. The summed E-state index contributed by atoms with van der Waals surface area (Å²) in [6, 6.07) is 15.5. The van der Waals surface area contributed by atoms with Crippen LogP contribution in [0.5, 0.6) is 5.75 Å². The average Bonchev–Trinajstić information content (AvgIpc) is 3.11. The van der Waals surface area contributed by atoms with E-state index < -0.39 is 12.5 Å². The smallest absolute Gasteiger partial charge is 0.387 e. The third-order valence-electron chi connectivity index (χ3n) is 3.41. The number of benzene rings is 2. The van der Waals surface area contributed by atoms with Gasteiger partial charge in [-0.25, -0.2) is 4.68 Å². The molecule has 5 nitrogen and oxygen atoms in total. The number of amides is 1. The van der Waals surface area contributed by atoms with Gasteiger partial charge in [-0.3, -0.25) is 4.79 Å². The number of nitrogens with zero attached hydrogens (tertiary/aromatic N) is 2. The summed E-state index contributed by atoms with van der Waals surface area (Å²) in [6.45, 7) is -2.97. The Morgan fingerprint density at radius 3 is 2.62 bits per heavy atom. The van der Waals surface area contributed by atoms with E-state index in [9.17, 15) is 13.6 Å². The first-order valence-electron chi connectivity index (χ1n) is 7.75. The number of ether oxygens (including phenoxy) is 1. The first-order chi connectivity index (χ1) is 12.6. The molecule has 1 N–H and O–H groups in total. The molecule has 0 saturated heterocycles. The number of hydrogen-bond acceptors (Lipinski definition) is 3. The number of nitrogens with one attached hydrogen (secondary N) is 1. The molecule has 0 aliphatic rings. The molecule has 1 amide bonds. The van der Waals surface area contributed by atoms with E-state index in [0.717, 1.165) is 11.3 Å². The number of rotatable bonds is 6. The summed E-state index contributed by atoms with van der Waals surface area (Å²) >= 11 is 0. The van der Waals surface area contributed by atoms with Crippen LogP contribution in [0.4, 0.5) is 14.5 Å². The Kier molecular flexibility index (Phi) is 5.38. The summed E-state index contributed by atoms with van der Waals surface area (Å²) in [6.07, 6.45) is 6.27. The van der Waals surface area contributed by atoms with Crippen LogP contribution in [-0.4, -0.2) is 22.3 Å². The Bertz CT molecular complexity index is 908. The lowest BCUT2D eigenvalue weighted by Gasteiger charge is -2.10. The van der Waals surface area contributed by atoms with Crippen LogP contribution in [0.2, 0.25) is 0 Å². The van der Waals surface area contributed by atoms with Crippen LogP contribution in [0.15, 0.2) is 73.1 Å². The first-order valence-corrected chi connectivity index (χ1v) is 7.75. The fourth-order valence-electron chi connectivity index (χ4n) is 2.26. The zero-order valence-corrected chi connectivity index (χ0v) is 13.5. The van der Waals surface area contributed by atoms with Crippen molar-refractivity contribution in [1.29, 1.82) is 0 Å². The highest BCUT2D eigenvalue weighted by atomic mass is 19.3. The van der Waals surface area contributed by atoms with E-state index in [0.29, 0.717) is 0 Å². The summed E-state index contributed by atoms with van der Waals surface area (Å²) < 4.78 is 30.8. The van der Waals surface area contributed by atoms with Gasteiger partial charge in [0.1, 0.15) is 5.75 Å². The van der Waals surface area contributed by atoms with E-state index in [2.05, 4.69) is 15.2 Å². The summed E-state index contributed by atoms with van der Waals surface area (Å²) in [4.78, 5) is 12.0. The molecule has 0 fully saturated rings. The number of carbonyl (C=O) groups excluding carboxylic acids is 1.